The summed E-state index contributed by atoms with van der Waals surface area (Å²) < 4.78 is 18.4. The molecule has 0 aromatic carbocycles. The van der Waals surface area contributed by atoms with Gasteiger partial charge in [-0.15, -0.1) is 0 Å². The maximum atomic E-state index is 12.7. The first kappa shape index (κ1) is 29.0. The second-order valence-electron chi connectivity index (χ2n) is 13.6. The Bertz CT molecular complexity index is 1350. The number of fused-ring (bicyclic) bond motifs is 1. The molecule has 0 bridgehead atoms. The number of hydrogen-bond acceptors (Lipinski definition) is 8. The third-order valence-electron chi connectivity index (χ3n) is 7.35. The summed E-state index contributed by atoms with van der Waals surface area (Å²) in [4.78, 5) is 24.7. The summed E-state index contributed by atoms with van der Waals surface area (Å²) >= 11 is 1.41. The zero-order valence-electron chi connectivity index (χ0n) is 25.0. The number of aryl methyl sites for hydroxylation is 1. The van der Waals surface area contributed by atoms with Crippen LogP contribution < -0.4 is 5.32 Å². The standard InChI is InChI=1S/C29H44N6O3SSi/c1-19-14-24(39-33-19)31-27-30-23(15-20-10-11-34(16-20)28(36)38-29(2,3)4)25-22(21-8-9-21)17-35(26(25)32-27)18-37-12-13-40(5,6)7/h14,17,20-21H,8-13,15-16,18H2,1-7H3,(H,30,31,32)/t20-/m0/s1. The predicted molar refractivity (Wildman–Crippen MR) is 163 cm³/mol. The van der Waals surface area contributed by atoms with Gasteiger partial charge in [0.25, 0.3) is 0 Å². The van der Waals surface area contributed by atoms with Crippen molar-refractivity contribution >= 4 is 47.7 Å². The molecular formula is C29H44N6O3SSi. The minimum Gasteiger partial charge on any atom is -0.444 e. The number of carbonyl (C=O) groups excluding carboxylic acids is 1. The first-order valence-corrected chi connectivity index (χ1v) is 19.0. The van der Waals surface area contributed by atoms with Crippen LogP contribution in [0.25, 0.3) is 11.0 Å². The van der Waals surface area contributed by atoms with E-state index in [1.54, 1.807) is 0 Å². The lowest BCUT2D eigenvalue weighted by molar-refractivity contribution is 0.0288. The third kappa shape index (κ3) is 7.41. The minimum atomic E-state index is -1.17. The van der Waals surface area contributed by atoms with Gasteiger partial charge in [0.1, 0.15) is 23.0 Å². The molecule has 0 radical (unpaired) electrons. The van der Waals surface area contributed by atoms with Crippen LogP contribution in [-0.2, 0) is 22.6 Å². The van der Waals surface area contributed by atoms with E-state index in [0.717, 1.165) is 52.9 Å². The number of rotatable bonds is 10. The highest BCUT2D eigenvalue weighted by molar-refractivity contribution is 7.10. The third-order valence-corrected chi connectivity index (χ3v) is 9.85. The Balaban J connectivity index is 1.43. The highest BCUT2D eigenvalue weighted by atomic mass is 32.1. The van der Waals surface area contributed by atoms with Gasteiger partial charge in [-0.1, -0.05) is 19.6 Å². The van der Waals surface area contributed by atoms with Crippen molar-refractivity contribution < 1.29 is 14.3 Å². The topological polar surface area (TPSA) is 94.4 Å². The van der Waals surface area contributed by atoms with Gasteiger partial charge in [-0.25, -0.2) is 9.78 Å². The molecule has 1 atom stereocenters. The fraction of sp³-hybridized carbons (Fsp3) is 0.655. The molecule has 218 valence electrons. The van der Waals surface area contributed by atoms with Crippen LogP contribution in [0.4, 0.5) is 15.7 Å². The number of anilines is 2. The Morgan fingerprint density at radius 3 is 2.62 bits per heavy atom. The molecule has 11 heteroatoms. The molecule has 1 aliphatic heterocycles. The highest BCUT2D eigenvalue weighted by Crippen LogP contribution is 2.45. The first-order valence-electron chi connectivity index (χ1n) is 14.5. The summed E-state index contributed by atoms with van der Waals surface area (Å²) in [5.41, 5.74) is 3.78. The second-order valence-corrected chi connectivity index (χ2v) is 20.0. The largest absolute Gasteiger partial charge is 0.444 e. The van der Waals surface area contributed by atoms with Crippen LogP contribution in [0, 0.1) is 12.8 Å². The van der Waals surface area contributed by atoms with Crippen molar-refractivity contribution in [1.82, 2.24) is 23.8 Å². The number of nitrogens with zero attached hydrogens (tertiary/aromatic N) is 5. The molecule has 1 saturated heterocycles. The predicted octanol–water partition coefficient (Wildman–Crippen LogP) is 6.93. The Labute approximate surface area is 242 Å². The van der Waals surface area contributed by atoms with Crippen molar-refractivity contribution in [1.29, 1.82) is 0 Å². The lowest BCUT2D eigenvalue weighted by Gasteiger charge is -2.24. The maximum Gasteiger partial charge on any atom is 0.410 e. The lowest BCUT2D eigenvalue weighted by atomic mass is 9.99. The number of amides is 1. The summed E-state index contributed by atoms with van der Waals surface area (Å²) in [6.07, 6.45) is 6.13. The van der Waals surface area contributed by atoms with E-state index < -0.39 is 13.7 Å². The number of hydrogen-bond donors (Lipinski definition) is 1. The molecule has 1 amide bonds. The van der Waals surface area contributed by atoms with Crippen LogP contribution >= 0.6 is 11.5 Å². The van der Waals surface area contributed by atoms with E-state index in [9.17, 15) is 4.79 Å². The van der Waals surface area contributed by atoms with Crippen LogP contribution in [0.1, 0.15) is 62.9 Å². The van der Waals surface area contributed by atoms with E-state index in [0.29, 0.717) is 37.6 Å². The smallest absolute Gasteiger partial charge is 0.410 e. The van der Waals surface area contributed by atoms with Crippen molar-refractivity contribution in [2.45, 2.75) is 97.3 Å². The van der Waals surface area contributed by atoms with E-state index in [1.165, 1.54) is 29.9 Å². The first-order chi connectivity index (χ1) is 18.8. The Morgan fingerprint density at radius 1 is 1.20 bits per heavy atom. The van der Waals surface area contributed by atoms with Crippen molar-refractivity contribution in [3.05, 3.63) is 29.2 Å². The quantitative estimate of drug-likeness (QED) is 0.204. The fourth-order valence-corrected chi connectivity index (χ4v) is 6.55. The van der Waals surface area contributed by atoms with Crippen LogP contribution in [0.5, 0.6) is 0 Å². The van der Waals surface area contributed by atoms with Gasteiger partial charge in [0.2, 0.25) is 5.95 Å². The van der Waals surface area contributed by atoms with Gasteiger partial charge >= 0.3 is 6.09 Å². The maximum absolute atomic E-state index is 12.7. The van der Waals surface area contributed by atoms with E-state index >= 15 is 0 Å². The van der Waals surface area contributed by atoms with E-state index in [4.69, 9.17) is 19.4 Å². The van der Waals surface area contributed by atoms with Gasteiger partial charge in [-0.2, -0.15) is 9.36 Å². The Morgan fingerprint density at radius 2 is 1.98 bits per heavy atom. The van der Waals surface area contributed by atoms with Crippen LogP contribution in [0.2, 0.25) is 25.7 Å². The monoisotopic (exact) mass is 584 g/mol. The number of nitrogens with one attached hydrogen (secondary N) is 1. The van der Waals surface area contributed by atoms with Crippen LogP contribution in [0.3, 0.4) is 0 Å². The van der Waals surface area contributed by atoms with Gasteiger partial charge in [0.05, 0.1) is 11.4 Å². The number of aromatic nitrogens is 4. The number of carbonyl (C=O) groups is 1. The van der Waals surface area contributed by atoms with Crippen molar-refractivity contribution in [3.63, 3.8) is 0 Å². The lowest BCUT2D eigenvalue weighted by Crippen LogP contribution is -2.35. The summed E-state index contributed by atoms with van der Waals surface area (Å²) in [7, 11) is -1.17. The molecule has 5 rings (SSSR count). The minimum absolute atomic E-state index is 0.231. The zero-order valence-corrected chi connectivity index (χ0v) is 26.9. The van der Waals surface area contributed by atoms with Crippen LogP contribution in [0.15, 0.2) is 12.3 Å². The van der Waals surface area contributed by atoms with Crippen molar-refractivity contribution in [2.75, 3.05) is 25.0 Å². The molecule has 9 nitrogen and oxygen atoms in total. The van der Waals surface area contributed by atoms with E-state index in [2.05, 4.69) is 40.1 Å². The molecule has 1 saturated carbocycles. The fourth-order valence-electron chi connectivity index (χ4n) is 5.14. The molecule has 0 unspecified atom stereocenters. The van der Waals surface area contributed by atoms with E-state index in [1.807, 2.05) is 38.7 Å². The molecule has 1 N–H and O–H groups in total. The number of likely N-dealkylation sites (tertiary alicyclic amines) is 1. The molecule has 40 heavy (non-hydrogen) atoms. The molecule has 0 spiro atoms. The van der Waals surface area contributed by atoms with Gasteiger partial charge in [0.15, 0.2) is 0 Å². The molecular weight excluding hydrogens is 541 g/mol. The average molecular weight is 585 g/mol. The molecule has 4 heterocycles. The molecule has 1 aliphatic carbocycles. The van der Waals surface area contributed by atoms with Crippen LogP contribution in [-0.4, -0.2) is 63.3 Å². The SMILES string of the molecule is Cc1cc(Nc2nc(C[C@@H]3CCN(C(=O)OC(C)(C)C)C3)c3c(C4CC4)cn(COCC[Si](C)(C)C)c3n2)sn1. The van der Waals surface area contributed by atoms with Crippen molar-refractivity contribution in [2.24, 2.45) is 5.92 Å². The summed E-state index contributed by atoms with van der Waals surface area (Å²) in [5, 5.41) is 5.49. The molecule has 3 aromatic heterocycles. The summed E-state index contributed by atoms with van der Waals surface area (Å²) in [6.45, 7) is 17.5. The van der Waals surface area contributed by atoms with Gasteiger partial charge in [0, 0.05) is 39.4 Å². The molecule has 2 fully saturated rings. The summed E-state index contributed by atoms with van der Waals surface area (Å²) in [5.74, 6) is 1.45. The number of ether oxygens (including phenoxy) is 2. The van der Waals surface area contributed by atoms with Gasteiger partial charge in [-0.05, 0) is 94.4 Å². The summed E-state index contributed by atoms with van der Waals surface area (Å²) in [6, 6.07) is 3.15. The Kier molecular flexibility index (Phi) is 8.27. The van der Waals surface area contributed by atoms with Gasteiger partial charge < -0.3 is 24.3 Å². The second kappa shape index (κ2) is 11.4. The zero-order chi connectivity index (χ0) is 28.7. The average Bonchev–Trinajstić information content (AvgIpc) is 3.25. The Hall–Kier alpha value is -2.50. The van der Waals surface area contributed by atoms with E-state index in [-0.39, 0.29) is 6.09 Å². The van der Waals surface area contributed by atoms with Crippen molar-refractivity contribution in [3.8, 4) is 0 Å². The molecule has 3 aromatic rings. The molecule has 2 aliphatic rings. The van der Waals surface area contributed by atoms with Gasteiger partial charge in [-0.3, -0.25) is 0 Å². The highest BCUT2D eigenvalue weighted by Gasteiger charge is 2.33. The normalized spacial score (nSPS) is 18.1.